The molecule has 3 nitrogen and oxygen atoms in total. The van der Waals surface area contributed by atoms with E-state index in [4.69, 9.17) is 9.15 Å². The fraction of sp³-hybridized carbons (Fsp3) is 0.308. The van der Waals surface area contributed by atoms with Gasteiger partial charge in [-0.15, -0.1) is 0 Å². The number of fused-ring (bicyclic) bond motifs is 1. The Balaban J connectivity index is 1.52. The number of rotatable bonds is 7. The third-order valence-corrected chi connectivity index (χ3v) is 4.27. The molecule has 0 N–H and O–H groups in total. The summed E-state index contributed by atoms with van der Waals surface area (Å²) >= 11 is 0. The van der Waals surface area contributed by atoms with Crippen molar-refractivity contribution in [2.75, 3.05) is 13.6 Å². The number of hydrogen-bond acceptors (Lipinski definition) is 3. The van der Waals surface area contributed by atoms with Crippen molar-refractivity contribution in [3.8, 4) is 17.6 Å². The van der Waals surface area contributed by atoms with Crippen LogP contribution >= 0.6 is 0 Å². The molecule has 0 amide bonds. The first-order valence-corrected chi connectivity index (χ1v) is 9.94. The van der Waals surface area contributed by atoms with Gasteiger partial charge in [-0.3, -0.25) is 4.90 Å². The van der Waals surface area contributed by atoms with E-state index < -0.39 is 0 Å². The van der Waals surface area contributed by atoms with Crippen LogP contribution in [0.4, 0.5) is 0 Å². The van der Waals surface area contributed by atoms with E-state index in [2.05, 4.69) is 62.8 Å². The minimum atomic E-state index is 0.0407. The maximum absolute atomic E-state index is 5.94. The van der Waals surface area contributed by atoms with Gasteiger partial charge in [0.05, 0.1) is 0 Å². The summed E-state index contributed by atoms with van der Waals surface area (Å²) in [4.78, 5) is 2.24. The highest BCUT2D eigenvalue weighted by Crippen LogP contribution is 2.21. The Morgan fingerprint density at radius 3 is 2.69 bits per heavy atom. The topological polar surface area (TPSA) is 25.6 Å². The minimum absolute atomic E-state index is 0.0407. The quantitative estimate of drug-likeness (QED) is 0.462. The number of hydrogen-bond donors (Lipinski definition) is 0. The molecule has 0 radical (unpaired) electrons. The van der Waals surface area contributed by atoms with Crippen LogP contribution in [0.5, 0.6) is 5.75 Å². The second kappa shape index (κ2) is 9.49. The first-order valence-electron chi connectivity index (χ1n) is 9.94. The Bertz CT molecular complexity index is 995. The molecule has 150 valence electrons. The standard InChI is InChI=1S/C26H29NO2/c1-26(2,3)15-8-5-9-16-27(4)19-21-11-10-13-23(17-21)28-20-24-18-22-12-6-7-14-25(22)29-24/h5-7,9-14,17-18H,16,19-20H2,1-4H3. The number of nitrogens with zero attached hydrogens (tertiary/aromatic N) is 1. The summed E-state index contributed by atoms with van der Waals surface area (Å²) in [6, 6.07) is 18.2. The molecular weight excluding hydrogens is 358 g/mol. The summed E-state index contributed by atoms with van der Waals surface area (Å²) in [5.41, 5.74) is 2.14. The summed E-state index contributed by atoms with van der Waals surface area (Å²) in [5, 5.41) is 1.10. The average molecular weight is 388 g/mol. The van der Waals surface area contributed by atoms with E-state index in [0.29, 0.717) is 6.61 Å². The molecule has 3 heteroatoms. The second-order valence-corrected chi connectivity index (χ2v) is 8.31. The smallest absolute Gasteiger partial charge is 0.146 e. The van der Waals surface area contributed by atoms with E-state index >= 15 is 0 Å². The van der Waals surface area contributed by atoms with Crippen molar-refractivity contribution in [1.82, 2.24) is 4.90 Å². The lowest BCUT2D eigenvalue weighted by molar-refractivity contribution is 0.273. The fourth-order valence-electron chi connectivity index (χ4n) is 2.92. The van der Waals surface area contributed by atoms with E-state index in [1.165, 1.54) is 5.56 Å². The van der Waals surface area contributed by atoms with Crippen LogP contribution in [0.1, 0.15) is 32.1 Å². The number of furan rings is 1. The lowest BCUT2D eigenvalue weighted by atomic mass is 9.98. The van der Waals surface area contributed by atoms with Gasteiger partial charge in [0.2, 0.25) is 0 Å². The van der Waals surface area contributed by atoms with Crippen LogP contribution in [0.3, 0.4) is 0 Å². The molecule has 3 aromatic rings. The largest absolute Gasteiger partial charge is 0.486 e. The average Bonchev–Trinajstić information content (AvgIpc) is 3.08. The molecule has 2 aromatic carbocycles. The monoisotopic (exact) mass is 387 g/mol. The molecule has 29 heavy (non-hydrogen) atoms. The highest BCUT2D eigenvalue weighted by Gasteiger charge is 2.05. The van der Waals surface area contributed by atoms with Crippen molar-refractivity contribution in [3.63, 3.8) is 0 Å². The molecule has 1 heterocycles. The molecule has 0 saturated heterocycles. The van der Waals surface area contributed by atoms with Crippen LogP contribution in [0.2, 0.25) is 0 Å². The van der Waals surface area contributed by atoms with Crippen LogP contribution in [-0.2, 0) is 13.2 Å². The third kappa shape index (κ3) is 6.85. The number of likely N-dealkylation sites (N-methyl/N-ethyl adjacent to an activating group) is 1. The van der Waals surface area contributed by atoms with Gasteiger partial charge in [0.1, 0.15) is 23.7 Å². The van der Waals surface area contributed by atoms with Crippen molar-refractivity contribution in [2.24, 2.45) is 5.41 Å². The van der Waals surface area contributed by atoms with Crippen molar-refractivity contribution in [3.05, 3.63) is 78.1 Å². The Labute approximate surface area is 174 Å². The van der Waals surface area contributed by atoms with Gasteiger partial charge in [-0.05, 0) is 63.7 Å². The zero-order chi connectivity index (χ0) is 20.7. The van der Waals surface area contributed by atoms with Crippen molar-refractivity contribution < 1.29 is 9.15 Å². The molecule has 3 rings (SSSR count). The van der Waals surface area contributed by atoms with E-state index in [9.17, 15) is 0 Å². The predicted octanol–water partition coefficient (Wildman–Crippen LogP) is 6.05. The summed E-state index contributed by atoms with van der Waals surface area (Å²) in [5.74, 6) is 8.00. The molecule has 0 aliphatic carbocycles. The SMILES string of the molecule is CN(CC=CC#CC(C)(C)C)Cc1cccc(OCc2cc3ccccc3o2)c1. The zero-order valence-electron chi connectivity index (χ0n) is 17.7. The number of para-hydroxylation sites is 1. The molecule has 0 aliphatic rings. The third-order valence-electron chi connectivity index (χ3n) is 4.27. The predicted molar refractivity (Wildman–Crippen MR) is 120 cm³/mol. The maximum atomic E-state index is 5.94. The van der Waals surface area contributed by atoms with Gasteiger partial charge in [-0.25, -0.2) is 0 Å². The van der Waals surface area contributed by atoms with E-state index in [1.807, 2.05) is 48.5 Å². The highest BCUT2D eigenvalue weighted by molar-refractivity contribution is 5.77. The highest BCUT2D eigenvalue weighted by atomic mass is 16.5. The van der Waals surface area contributed by atoms with Crippen molar-refractivity contribution in [2.45, 2.75) is 33.9 Å². The Kier molecular flexibility index (Phi) is 6.80. The minimum Gasteiger partial charge on any atom is -0.486 e. The van der Waals surface area contributed by atoms with Crippen LogP contribution in [-0.4, -0.2) is 18.5 Å². The molecule has 0 unspecified atom stereocenters. The molecule has 0 atom stereocenters. The normalized spacial score (nSPS) is 11.8. The van der Waals surface area contributed by atoms with Crippen LogP contribution in [0, 0.1) is 17.3 Å². The zero-order valence-corrected chi connectivity index (χ0v) is 17.7. The second-order valence-electron chi connectivity index (χ2n) is 8.31. The van der Waals surface area contributed by atoms with Gasteiger partial charge in [0.15, 0.2) is 0 Å². The fourth-order valence-corrected chi connectivity index (χ4v) is 2.92. The molecule has 1 aromatic heterocycles. The van der Waals surface area contributed by atoms with Crippen LogP contribution in [0.15, 0.2) is 71.2 Å². The molecule has 0 bridgehead atoms. The van der Waals surface area contributed by atoms with Gasteiger partial charge in [-0.1, -0.05) is 48.2 Å². The van der Waals surface area contributed by atoms with E-state index in [0.717, 1.165) is 35.6 Å². The van der Waals surface area contributed by atoms with Gasteiger partial charge < -0.3 is 9.15 Å². The molecule has 0 fully saturated rings. The lowest BCUT2D eigenvalue weighted by Crippen LogP contribution is -2.17. The molecular formula is C26H29NO2. The molecule has 0 spiro atoms. The van der Waals surface area contributed by atoms with Crippen LogP contribution in [0.25, 0.3) is 11.0 Å². The first-order chi connectivity index (χ1) is 13.9. The summed E-state index contributed by atoms with van der Waals surface area (Å²) in [7, 11) is 2.10. The Hall–Kier alpha value is -2.96. The maximum Gasteiger partial charge on any atom is 0.146 e. The van der Waals surface area contributed by atoms with Gasteiger partial charge in [0, 0.05) is 23.9 Å². The van der Waals surface area contributed by atoms with Gasteiger partial charge in [0.25, 0.3) is 0 Å². The summed E-state index contributed by atoms with van der Waals surface area (Å²) < 4.78 is 11.8. The summed E-state index contributed by atoms with van der Waals surface area (Å²) in [6.45, 7) is 8.46. The number of benzene rings is 2. The van der Waals surface area contributed by atoms with Gasteiger partial charge in [-0.2, -0.15) is 0 Å². The van der Waals surface area contributed by atoms with Crippen molar-refractivity contribution in [1.29, 1.82) is 0 Å². The van der Waals surface area contributed by atoms with Crippen molar-refractivity contribution >= 4 is 11.0 Å². The first kappa shape index (κ1) is 20.8. The Morgan fingerprint density at radius 1 is 1.07 bits per heavy atom. The molecule has 0 saturated carbocycles. The number of allylic oxidation sites excluding steroid dienone is 1. The lowest BCUT2D eigenvalue weighted by Gasteiger charge is -2.15. The summed E-state index contributed by atoms with van der Waals surface area (Å²) in [6.07, 6.45) is 4.04. The number of ether oxygens (including phenoxy) is 1. The Morgan fingerprint density at radius 2 is 1.90 bits per heavy atom. The van der Waals surface area contributed by atoms with Crippen LogP contribution < -0.4 is 4.74 Å². The van der Waals surface area contributed by atoms with Gasteiger partial charge >= 0.3 is 0 Å². The molecule has 0 aliphatic heterocycles. The van der Waals surface area contributed by atoms with E-state index in [1.54, 1.807) is 0 Å². The van der Waals surface area contributed by atoms with E-state index in [-0.39, 0.29) is 5.41 Å².